The van der Waals surface area contributed by atoms with Crippen molar-refractivity contribution in [3.8, 4) is 17.3 Å². The van der Waals surface area contributed by atoms with E-state index >= 15 is 0 Å². The molecule has 0 spiro atoms. The lowest BCUT2D eigenvalue weighted by Gasteiger charge is -2.08. The number of hydrogen-bond donors (Lipinski definition) is 3. The summed E-state index contributed by atoms with van der Waals surface area (Å²) in [5.74, 6) is -0.0511. The Bertz CT molecular complexity index is 1240. The molecule has 140 valence electrons. The van der Waals surface area contributed by atoms with Gasteiger partial charge in [0.1, 0.15) is 5.75 Å². The standard InChI is InChI=1S/C21H16IN3O3/c22-14-4-5-15-16(10-14)17(21(28)24-20(15)27)12-23-11-13-3-6-18(19(26)9-13)25-7-1-2-8-25/h1-10,12,26H,11H2,(H2,24,27,28). The maximum atomic E-state index is 12.0. The van der Waals surface area contributed by atoms with E-state index in [1.807, 2.05) is 53.4 Å². The topological polar surface area (TPSA) is 90.6 Å². The number of rotatable bonds is 4. The third-order valence-electron chi connectivity index (χ3n) is 4.42. The number of aromatic hydroxyl groups is 2. The highest BCUT2D eigenvalue weighted by molar-refractivity contribution is 14.1. The second-order valence-corrected chi connectivity index (χ2v) is 7.54. The van der Waals surface area contributed by atoms with Crippen molar-refractivity contribution in [3.63, 3.8) is 0 Å². The number of H-pyrrole nitrogens is 1. The number of hydrogen-bond acceptors (Lipinski definition) is 4. The van der Waals surface area contributed by atoms with Crippen LogP contribution in [-0.2, 0) is 6.54 Å². The molecule has 0 fully saturated rings. The van der Waals surface area contributed by atoms with Gasteiger partial charge in [-0.3, -0.25) is 14.8 Å². The first kappa shape index (κ1) is 18.3. The molecule has 0 radical (unpaired) electrons. The first-order chi connectivity index (χ1) is 13.5. The summed E-state index contributed by atoms with van der Waals surface area (Å²) in [6.07, 6.45) is 5.26. The van der Waals surface area contributed by atoms with Crippen LogP contribution in [0.3, 0.4) is 0 Å². The zero-order valence-electron chi connectivity index (χ0n) is 14.6. The van der Waals surface area contributed by atoms with Crippen LogP contribution in [0.5, 0.6) is 11.6 Å². The number of pyridine rings is 1. The molecule has 2 aromatic heterocycles. The second-order valence-electron chi connectivity index (χ2n) is 6.29. The van der Waals surface area contributed by atoms with E-state index < -0.39 is 0 Å². The third kappa shape index (κ3) is 3.53. The van der Waals surface area contributed by atoms with Gasteiger partial charge in [-0.1, -0.05) is 6.07 Å². The Morgan fingerprint density at radius 2 is 1.86 bits per heavy atom. The average Bonchev–Trinajstić information content (AvgIpc) is 3.18. The summed E-state index contributed by atoms with van der Waals surface area (Å²) in [5, 5.41) is 21.6. The van der Waals surface area contributed by atoms with Crippen molar-refractivity contribution in [3.05, 3.63) is 86.0 Å². The van der Waals surface area contributed by atoms with Crippen molar-refractivity contribution in [2.45, 2.75) is 6.54 Å². The maximum Gasteiger partial charge on any atom is 0.258 e. The van der Waals surface area contributed by atoms with E-state index in [2.05, 4.69) is 32.6 Å². The Morgan fingerprint density at radius 3 is 2.61 bits per heavy atom. The van der Waals surface area contributed by atoms with Crippen LogP contribution in [0, 0.1) is 3.57 Å². The Labute approximate surface area is 174 Å². The minimum atomic E-state index is -0.341. The monoisotopic (exact) mass is 485 g/mol. The lowest BCUT2D eigenvalue weighted by atomic mass is 10.1. The predicted octanol–water partition coefficient (Wildman–Crippen LogP) is 3.95. The lowest BCUT2D eigenvalue weighted by molar-refractivity contribution is 0.452. The summed E-state index contributed by atoms with van der Waals surface area (Å²) in [5.41, 5.74) is 1.64. The van der Waals surface area contributed by atoms with Crippen LogP contribution in [0.4, 0.5) is 0 Å². The van der Waals surface area contributed by atoms with E-state index in [1.165, 1.54) is 0 Å². The van der Waals surface area contributed by atoms with Crippen LogP contribution >= 0.6 is 22.6 Å². The molecular formula is C21H16IN3O3. The van der Waals surface area contributed by atoms with E-state index in [1.54, 1.807) is 18.3 Å². The number of phenols is 1. The number of aromatic nitrogens is 2. The van der Waals surface area contributed by atoms with E-state index in [-0.39, 0.29) is 17.2 Å². The normalized spacial score (nSPS) is 11.5. The largest absolute Gasteiger partial charge is 0.506 e. The molecule has 0 unspecified atom stereocenters. The number of aromatic amines is 1. The molecule has 7 heteroatoms. The first-order valence-corrected chi connectivity index (χ1v) is 9.60. The molecule has 4 aromatic rings. The molecule has 0 aliphatic heterocycles. The van der Waals surface area contributed by atoms with E-state index in [0.29, 0.717) is 28.6 Å². The molecule has 2 heterocycles. The van der Waals surface area contributed by atoms with Crippen LogP contribution in [0.15, 0.2) is 70.7 Å². The number of benzene rings is 2. The molecule has 6 nitrogen and oxygen atoms in total. The van der Waals surface area contributed by atoms with Crippen LogP contribution in [0.1, 0.15) is 11.1 Å². The van der Waals surface area contributed by atoms with Gasteiger partial charge in [-0.2, -0.15) is 0 Å². The van der Waals surface area contributed by atoms with Gasteiger partial charge in [0.25, 0.3) is 5.56 Å². The Morgan fingerprint density at radius 1 is 1.07 bits per heavy atom. The van der Waals surface area contributed by atoms with Gasteiger partial charge in [-0.15, -0.1) is 0 Å². The summed E-state index contributed by atoms with van der Waals surface area (Å²) >= 11 is 2.16. The van der Waals surface area contributed by atoms with Crippen molar-refractivity contribution in [1.29, 1.82) is 0 Å². The minimum Gasteiger partial charge on any atom is -0.506 e. The maximum absolute atomic E-state index is 12.0. The fourth-order valence-corrected chi connectivity index (χ4v) is 3.55. The van der Waals surface area contributed by atoms with Crippen molar-refractivity contribution < 1.29 is 10.2 Å². The van der Waals surface area contributed by atoms with Gasteiger partial charge in [-0.25, -0.2) is 0 Å². The molecule has 4 rings (SSSR count). The van der Waals surface area contributed by atoms with Crippen molar-refractivity contribution in [1.82, 2.24) is 9.55 Å². The molecule has 0 atom stereocenters. The van der Waals surface area contributed by atoms with Gasteiger partial charge in [0.05, 0.1) is 17.8 Å². The summed E-state index contributed by atoms with van der Waals surface area (Å²) in [6.45, 7) is 0.323. The number of nitrogens with zero attached hydrogens (tertiary/aromatic N) is 2. The fraction of sp³-hybridized carbons (Fsp3) is 0.0476. The number of aliphatic imine (C=N–C) groups is 1. The van der Waals surface area contributed by atoms with Crippen molar-refractivity contribution in [2.24, 2.45) is 4.99 Å². The van der Waals surface area contributed by atoms with Gasteiger partial charge in [-0.05, 0) is 70.6 Å². The molecule has 0 saturated carbocycles. The number of fused-ring (bicyclic) bond motifs is 1. The number of nitrogens with one attached hydrogen (secondary N) is 1. The highest BCUT2D eigenvalue weighted by atomic mass is 127. The van der Waals surface area contributed by atoms with Crippen LogP contribution in [0.2, 0.25) is 0 Å². The molecular weight excluding hydrogens is 469 g/mol. The fourth-order valence-electron chi connectivity index (χ4n) is 3.06. The summed E-state index contributed by atoms with van der Waals surface area (Å²) in [4.78, 5) is 18.9. The molecule has 0 aliphatic rings. The van der Waals surface area contributed by atoms with Crippen molar-refractivity contribution >= 4 is 39.6 Å². The first-order valence-electron chi connectivity index (χ1n) is 8.52. The number of halogens is 1. The van der Waals surface area contributed by atoms with Gasteiger partial charge in [0.2, 0.25) is 5.88 Å². The summed E-state index contributed by atoms with van der Waals surface area (Å²) in [6, 6.07) is 14.6. The summed E-state index contributed by atoms with van der Waals surface area (Å²) in [7, 11) is 0. The van der Waals surface area contributed by atoms with Gasteiger partial charge in [0.15, 0.2) is 0 Å². The van der Waals surface area contributed by atoms with Gasteiger partial charge >= 0.3 is 0 Å². The van der Waals surface area contributed by atoms with Crippen LogP contribution in [-0.4, -0.2) is 26.0 Å². The SMILES string of the molecule is O=c1[nH]c(O)c(C=NCc2ccc(-n3cccc3)c(O)c2)c2cc(I)ccc12. The molecule has 3 N–H and O–H groups in total. The van der Waals surface area contributed by atoms with Crippen LogP contribution < -0.4 is 5.56 Å². The predicted molar refractivity (Wildman–Crippen MR) is 118 cm³/mol. The van der Waals surface area contributed by atoms with E-state index in [9.17, 15) is 15.0 Å². The van der Waals surface area contributed by atoms with Gasteiger partial charge in [0, 0.05) is 33.0 Å². The Hall–Kier alpha value is -3.07. The molecule has 2 aromatic carbocycles. The zero-order chi connectivity index (χ0) is 19.7. The highest BCUT2D eigenvalue weighted by Gasteiger charge is 2.10. The van der Waals surface area contributed by atoms with E-state index in [4.69, 9.17) is 0 Å². The minimum absolute atomic E-state index is 0.163. The van der Waals surface area contributed by atoms with Gasteiger partial charge < -0.3 is 14.8 Å². The number of phenolic OH excluding ortho intramolecular Hbond substituents is 1. The molecule has 0 aliphatic carbocycles. The van der Waals surface area contributed by atoms with Crippen LogP contribution in [0.25, 0.3) is 16.5 Å². The highest BCUT2D eigenvalue weighted by Crippen LogP contribution is 2.25. The smallest absolute Gasteiger partial charge is 0.258 e. The molecule has 0 bridgehead atoms. The lowest BCUT2D eigenvalue weighted by Crippen LogP contribution is -2.08. The Balaban J connectivity index is 1.63. The quantitative estimate of drug-likeness (QED) is 0.302. The summed E-state index contributed by atoms with van der Waals surface area (Å²) < 4.78 is 2.78. The Kier molecular flexibility index (Phi) is 4.91. The molecule has 0 saturated heterocycles. The zero-order valence-corrected chi connectivity index (χ0v) is 16.8. The average molecular weight is 485 g/mol. The van der Waals surface area contributed by atoms with Crippen molar-refractivity contribution in [2.75, 3.05) is 0 Å². The van der Waals surface area contributed by atoms with E-state index in [0.717, 1.165) is 9.13 Å². The molecule has 0 amide bonds. The second kappa shape index (κ2) is 7.51. The third-order valence-corrected chi connectivity index (χ3v) is 5.09. The molecule has 28 heavy (non-hydrogen) atoms.